The van der Waals surface area contributed by atoms with Crippen molar-refractivity contribution in [1.29, 1.82) is 0 Å². The normalized spacial score (nSPS) is 54.3. The quantitative estimate of drug-likeness (QED) is 0.102. The van der Waals surface area contributed by atoms with Crippen LogP contribution in [-0.4, -0.2) is 134 Å². The Kier molecular flexibility index (Phi) is 9.38. The van der Waals surface area contributed by atoms with E-state index in [0.717, 1.165) is 18.3 Å². The monoisotopic (exact) mass is 696 g/mol. The van der Waals surface area contributed by atoms with E-state index in [-0.39, 0.29) is 43.2 Å². The maximum Gasteiger partial charge on any atom is 0.331 e. The zero-order chi connectivity index (χ0) is 35.1. The molecular weight excluding hydrogens is 644 g/mol. The number of carbonyl (C=O) groups excluding carboxylic acids is 2. The number of aliphatic hydroxyl groups is 7. The topological polar surface area (TPSA) is 222 Å². The average Bonchev–Trinajstić information content (AvgIpc) is 3.61. The first-order valence-corrected chi connectivity index (χ1v) is 17.9. The molecule has 0 bridgehead atoms. The summed E-state index contributed by atoms with van der Waals surface area (Å²) in [7, 11) is 0. The van der Waals surface area contributed by atoms with Crippen molar-refractivity contribution in [3.8, 4) is 0 Å². The van der Waals surface area contributed by atoms with Gasteiger partial charge in [-0.2, -0.15) is 0 Å². The third-order valence-corrected chi connectivity index (χ3v) is 14.0. The Morgan fingerprint density at radius 1 is 0.939 bits per heavy atom. The highest BCUT2D eigenvalue weighted by Crippen LogP contribution is 2.70. The summed E-state index contributed by atoms with van der Waals surface area (Å²) in [5.74, 6) is -0.688. The van der Waals surface area contributed by atoms with Gasteiger partial charge >= 0.3 is 5.97 Å². The first kappa shape index (κ1) is 35.8. The number of esters is 1. The lowest BCUT2D eigenvalue weighted by molar-refractivity contribution is -0.345. The van der Waals surface area contributed by atoms with Crippen LogP contribution in [0.5, 0.6) is 0 Å². The summed E-state index contributed by atoms with van der Waals surface area (Å²) in [4.78, 5) is 25.0. The van der Waals surface area contributed by atoms with Gasteiger partial charge in [-0.15, -0.1) is 0 Å². The van der Waals surface area contributed by atoms with Crippen LogP contribution in [0.3, 0.4) is 0 Å². The van der Waals surface area contributed by atoms with E-state index >= 15 is 0 Å². The van der Waals surface area contributed by atoms with Gasteiger partial charge in [0.15, 0.2) is 12.6 Å². The summed E-state index contributed by atoms with van der Waals surface area (Å²) in [6.45, 7) is 3.42. The van der Waals surface area contributed by atoms with Crippen LogP contribution in [0.4, 0.5) is 0 Å². The Balaban J connectivity index is 1.00. The molecule has 7 aliphatic rings. The summed E-state index contributed by atoms with van der Waals surface area (Å²) < 4.78 is 28.9. The number of ether oxygens (including phenoxy) is 5. The predicted octanol–water partition coefficient (Wildman–Crippen LogP) is -0.397. The second kappa shape index (κ2) is 12.8. The second-order valence-corrected chi connectivity index (χ2v) is 16.1. The van der Waals surface area contributed by atoms with E-state index < -0.39 is 90.1 Å². The van der Waals surface area contributed by atoms with Gasteiger partial charge in [0.2, 0.25) is 0 Å². The lowest BCUT2D eigenvalue weighted by Gasteiger charge is -2.65. The minimum absolute atomic E-state index is 0.00470. The number of fused-ring (bicyclic) bond motifs is 5. The van der Waals surface area contributed by atoms with Gasteiger partial charge in [-0.25, -0.2) is 4.79 Å². The number of cyclic esters (lactones) is 1. The van der Waals surface area contributed by atoms with Crippen LogP contribution in [0.25, 0.3) is 0 Å². The van der Waals surface area contributed by atoms with E-state index in [1.54, 1.807) is 13.0 Å². The van der Waals surface area contributed by atoms with E-state index in [2.05, 4.69) is 6.92 Å². The molecule has 8 unspecified atom stereocenters. The zero-order valence-corrected chi connectivity index (χ0v) is 28.1. The summed E-state index contributed by atoms with van der Waals surface area (Å²) >= 11 is 0. The number of hydrogen-bond donors (Lipinski definition) is 7. The molecule has 49 heavy (non-hydrogen) atoms. The number of aliphatic hydroxyl groups excluding tert-OH is 5. The van der Waals surface area contributed by atoms with Gasteiger partial charge in [0, 0.05) is 24.3 Å². The molecule has 0 amide bonds. The number of hydrogen-bond acceptors (Lipinski definition) is 14. The van der Waals surface area contributed by atoms with E-state index in [1.807, 2.05) is 0 Å². The summed E-state index contributed by atoms with van der Waals surface area (Å²) in [5.41, 5.74) is -2.94. The highest BCUT2D eigenvalue weighted by molar-refractivity contribution is 5.85. The van der Waals surface area contributed by atoms with E-state index in [9.17, 15) is 45.3 Å². The second-order valence-electron chi connectivity index (χ2n) is 16.1. The first-order valence-electron chi connectivity index (χ1n) is 17.9. The molecular formula is C35H52O14. The zero-order valence-electron chi connectivity index (χ0n) is 28.1. The van der Waals surface area contributed by atoms with Crippen molar-refractivity contribution >= 4 is 12.3 Å². The van der Waals surface area contributed by atoms with Crippen molar-refractivity contribution in [1.82, 2.24) is 0 Å². The van der Waals surface area contributed by atoms with Gasteiger partial charge in [0.05, 0.1) is 41.5 Å². The molecule has 0 aromatic carbocycles. The molecule has 0 aromatic rings. The molecule has 7 rings (SSSR count). The molecule has 6 fully saturated rings. The summed E-state index contributed by atoms with van der Waals surface area (Å²) in [6, 6.07) is 0. The third kappa shape index (κ3) is 5.47. The third-order valence-electron chi connectivity index (χ3n) is 14.0. The van der Waals surface area contributed by atoms with Crippen LogP contribution in [0.1, 0.15) is 78.1 Å². The average molecular weight is 697 g/mol. The van der Waals surface area contributed by atoms with E-state index in [4.69, 9.17) is 23.7 Å². The van der Waals surface area contributed by atoms with Crippen LogP contribution in [0, 0.1) is 28.6 Å². The Hall–Kier alpha value is -1.56. The van der Waals surface area contributed by atoms with Crippen molar-refractivity contribution in [3.63, 3.8) is 0 Å². The minimum atomic E-state index is -1.62. The standard InChI is InChI=1S/C35H52O14/c1-17-30(49-31-29(42)28(41)27(40)24(14-36)48-31)23(38)12-26(46-17)47-19-3-8-33(16-37)21-4-7-32(2)20(18-11-25(39)45-15-18)6-10-35(32,44)22(21)5-9-34(33,43)13-19/h11,16-17,19-24,26-31,36,38,40-44H,3-10,12-15H2,1-2H3/t17-,19?,20?,21?,22?,23+,24-,26+,27-,28+,29-,30?,31?,32-,33+,34?,35?/m1/s1. The van der Waals surface area contributed by atoms with Gasteiger partial charge in [-0.1, -0.05) is 6.92 Å². The summed E-state index contributed by atoms with van der Waals surface area (Å²) in [6.07, 6.45) is -4.38. The molecule has 14 heteroatoms. The molecule has 3 heterocycles. The van der Waals surface area contributed by atoms with Crippen LogP contribution in [0.15, 0.2) is 11.6 Å². The number of carbonyl (C=O) groups is 2. The van der Waals surface area contributed by atoms with Gasteiger partial charge in [0.1, 0.15) is 43.4 Å². The molecule has 0 spiro atoms. The fourth-order valence-electron chi connectivity index (χ4n) is 11.3. The molecule has 7 N–H and O–H groups in total. The molecule has 0 aromatic heterocycles. The maximum atomic E-state index is 13.2. The van der Waals surface area contributed by atoms with Gasteiger partial charge in [0.25, 0.3) is 0 Å². The lowest BCUT2D eigenvalue weighted by atomic mass is 9.41. The molecule has 17 atom stereocenters. The van der Waals surface area contributed by atoms with Crippen molar-refractivity contribution in [2.45, 2.75) is 151 Å². The SMILES string of the molecule is C[C@H]1O[C@@H](OC2CC[C@]3(C=O)C4CC[C@]5(C)C(C6=CC(=O)OC6)CCC5(O)C4CCC3(O)C2)C[C@H](O)C1OC1O[C@H](CO)[C@@H](O)[C@H](O)[C@H]1O. The molecule has 276 valence electrons. The van der Waals surface area contributed by atoms with Crippen molar-refractivity contribution < 1.29 is 69.0 Å². The highest BCUT2D eigenvalue weighted by atomic mass is 16.7. The Morgan fingerprint density at radius 3 is 2.37 bits per heavy atom. The fourth-order valence-corrected chi connectivity index (χ4v) is 11.3. The minimum Gasteiger partial charge on any atom is -0.458 e. The van der Waals surface area contributed by atoms with E-state index in [0.29, 0.717) is 44.9 Å². The van der Waals surface area contributed by atoms with Crippen LogP contribution in [-0.2, 0) is 33.3 Å². The number of rotatable bonds is 7. The lowest BCUT2D eigenvalue weighted by Crippen LogP contribution is -2.69. The molecule has 3 aliphatic heterocycles. The van der Waals surface area contributed by atoms with Crippen molar-refractivity contribution in [2.75, 3.05) is 13.2 Å². The van der Waals surface area contributed by atoms with Crippen molar-refractivity contribution in [3.05, 3.63) is 11.6 Å². The summed E-state index contributed by atoms with van der Waals surface area (Å²) in [5, 5.41) is 75.9. The Morgan fingerprint density at radius 2 is 1.69 bits per heavy atom. The van der Waals surface area contributed by atoms with Gasteiger partial charge in [-0.3, -0.25) is 0 Å². The smallest absolute Gasteiger partial charge is 0.331 e. The largest absolute Gasteiger partial charge is 0.458 e. The Bertz CT molecular complexity index is 1300. The van der Waals surface area contributed by atoms with Crippen LogP contribution in [0.2, 0.25) is 0 Å². The highest BCUT2D eigenvalue weighted by Gasteiger charge is 2.71. The number of aldehydes is 1. The molecule has 14 nitrogen and oxygen atoms in total. The fraction of sp³-hybridized carbons (Fsp3) is 0.886. The molecule has 4 aliphatic carbocycles. The molecule has 4 saturated carbocycles. The predicted molar refractivity (Wildman–Crippen MR) is 166 cm³/mol. The Labute approximate surface area is 285 Å². The first-order chi connectivity index (χ1) is 23.2. The molecule has 2 saturated heterocycles. The van der Waals surface area contributed by atoms with Gasteiger partial charge in [-0.05, 0) is 81.6 Å². The van der Waals surface area contributed by atoms with Crippen LogP contribution >= 0.6 is 0 Å². The maximum absolute atomic E-state index is 13.2. The van der Waals surface area contributed by atoms with Gasteiger partial charge < -0.3 is 64.2 Å². The van der Waals surface area contributed by atoms with Crippen molar-refractivity contribution in [2.24, 2.45) is 28.6 Å². The molecule has 0 radical (unpaired) electrons. The van der Waals surface area contributed by atoms with E-state index in [1.165, 1.54) is 0 Å². The van der Waals surface area contributed by atoms with Crippen LogP contribution < -0.4 is 0 Å².